The zero-order valence-corrected chi connectivity index (χ0v) is 13.4. The van der Waals surface area contributed by atoms with Crippen molar-refractivity contribution in [1.82, 2.24) is 10.6 Å². The van der Waals surface area contributed by atoms with Gasteiger partial charge in [-0.3, -0.25) is 4.79 Å². The molecule has 1 fully saturated rings. The number of nitrogens with one attached hydrogen (secondary N) is 2. The van der Waals surface area contributed by atoms with Gasteiger partial charge in [-0.1, -0.05) is 12.1 Å². The summed E-state index contributed by atoms with van der Waals surface area (Å²) in [6.45, 7) is 2.03. The first-order chi connectivity index (χ1) is 10.2. The highest BCUT2D eigenvalue weighted by Gasteiger charge is 2.15. The molecule has 1 aromatic rings. The van der Waals surface area contributed by atoms with Crippen molar-refractivity contribution in [2.75, 3.05) is 13.1 Å². The van der Waals surface area contributed by atoms with Gasteiger partial charge in [0.15, 0.2) is 0 Å². The van der Waals surface area contributed by atoms with Crippen LogP contribution in [0.2, 0.25) is 0 Å². The first kappa shape index (κ1) is 18.9. The molecule has 1 saturated heterocycles. The SMILES string of the molecule is Cl.O=C(CC1CCCNCC1)NCc1ccc(CO)c(F)c1. The Kier molecular flexibility index (Phi) is 8.38. The van der Waals surface area contributed by atoms with Gasteiger partial charge in [-0.2, -0.15) is 0 Å². The van der Waals surface area contributed by atoms with E-state index < -0.39 is 5.82 Å². The third-order valence-electron chi connectivity index (χ3n) is 3.95. The lowest BCUT2D eigenvalue weighted by atomic mass is 9.96. The molecule has 1 aliphatic rings. The van der Waals surface area contributed by atoms with Crippen LogP contribution in [0, 0.1) is 11.7 Å². The molecule has 0 radical (unpaired) electrons. The van der Waals surface area contributed by atoms with E-state index in [2.05, 4.69) is 10.6 Å². The minimum absolute atomic E-state index is 0. The lowest BCUT2D eigenvalue weighted by Gasteiger charge is -2.13. The fourth-order valence-corrected chi connectivity index (χ4v) is 2.66. The summed E-state index contributed by atoms with van der Waals surface area (Å²) in [4.78, 5) is 11.9. The van der Waals surface area contributed by atoms with Crippen LogP contribution in [0.1, 0.15) is 36.8 Å². The van der Waals surface area contributed by atoms with Crippen LogP contribution in [-0.4, -0.2) is 24.1 Å². The van der Waals surface area contributed by atoms with E-state index >= 15 is 0 Å². The summed E-state index contributed by atoms with van der Waals surface area (Å²) < 4.78 is 13.5. The van der Waals surface area contributed by atoms with Crippen molar-refractivity contribution in [3.8, 4) is 0 Å². The number of halogens is 2. The maximum Gasteiger partial charge on any atom is 0.220 e. The van der Waals surface area contributed by atoms with Gasteiger partial charge in [0.25, 0.3) is 0 Å². The number of hydrogen-bond donors (Lipinski definition) is 3. The highest BCUT2D eigenvalue weighted by atomic mass is 35.5. The Balaban J connectivity index is 0.00000242. The number of carbonyl (C=O) groups is 1. The van der Waals surface area contributed by atoms with E-state index in [0.717, 1.165) is 32.4 Å². The summed E-state index contributed by atoms with van der Waals surface area (Å²) >= 11 is 0. The van der Waals surface area contributed by atoms with Crippen LogP contribution in [-0.2, 0) is 17.9 Å². The molecule has 1 heterocycles. The van der Waals surface area contributed by atoms with Crippen molar-refractivity contribution in [3.63, 3.8) is 0 Å². The maximum absolute atomic E-state index is 13.5. The topological polar surface area (TPSA) is 61.4 Å². The monoisotopic (exact) mass is 330 g/mol. The number of rotatable bonds is 5. The summed E-state index contributed by atoms with van der Waals surface area (Å²) in [7, 11) is 0. The fraction of sp³-hybridized carbons (Fsp3) is 0.562. The molecule has 2 rings (SSSR count). The molecule has 1 aliphatic heterocycles. The summed E-state index contributed by atoms with van der Waals surface area (Å²) in [6, 6.07) is 4.64. The molecule has 0 saturated carbocycles. The standard InChI is InChI=1S/C16H23FN2O2.ClH/c17-15-8-13(3-4-14(15)11-20)10-19-16(21)9-12-2-1-6-18-7-5-12;/h3-4,8,12,18,20H,1-2,5-7,9-11H2,(H,19,21);1H. The van der Waals surface area contributed by atoms with E-state index in [1.54, 1.807) is 12.1 Å². The molecule has 22 heavy (non-hydrogen) atoms. The van der Waals surface area contributed by atoms with Gasteiger partial charge in [-0.15, -0.1) is 12.4 Å². The number of amides is 1. The average molecular weight is 331 g/mol. The molecule has 1 unspecified atom stereocenters. The van der Waals surface area contributed by atoms with Crippen LogP contribution < -0.4 is 10.6 Å². The molecule has 0 aliphatic carbocycles. The Morgan fingerprint density at radius 3 is 2.91 bits per heavy atom. The number of carbonyl (C=O) groups excluding carboxylic acids is 1. The van der Waals surface area contributed by atoms with Crippen molar-refractivity contribution in [1.29, 1.82) is 0 Å². The van der Waals surface area contributed by atoms with E-state index in [9.17, 15) is 9.18 Å². The molecule has 1 aromatic carbocycles. The highest BCUT2D eigenvalue weighted by Crippen LogP contribution is 2.17. The number of aliphatic hydroxyl groups excluding tert-OH is 1. The van der Waals surface area contributed by atoms with Crippen LogP contribution in [0.3, 0.4) is 0 Å². The minimum atomic E-state index is -0.431. The lowest BCUT2D eigenvalue weighted by Crippen LogP contribution is -2.25. The maximum atomic E-state index is 13.5. The van der Waals surface area contributed by atoms with Gasteiger partial charge in [0.1, 0.15) is 5.82 Å². The molecule has 0 aromatic heterocycles. The highest BCUT2D eigenvalue weighted by molar-refractivity contribution is 5.85. The van der Waals surface area contributed by atoms with Crippen LogP contribution >= 0.6 is 12.4 Å². The second kappa shape index (κ2) is 9.77. The predicted octanol–water partition coefficient (Wildman–Crippen LogP) is 2.14. The van der Waals surface area contributed by atoms with E-state index in [1.165, 1.54) is 6.07 Å². The minimum Gasteiger partial charge on any atom is -0.392 e. The van der Waals surface area contributed by atoms with E-state index in [0.29, 0.717) is 24.4 Å². The van der Waals surface area contributed by atoms with Crippen LogP contribution in [0.25, 0.3) is 0 Å². The molecule has 124 valence electrons. The Labute approximate surface area is 136 Å². The van der Waals surface area contributed by atoms with Crippen LogP contribution in [0.4, 0.5) is 4.39 Å². The quantitative estimate of drug-likeness (QED) is 0.775. The summed E-state index contributed by atoms with van der Waals surface area (Å²) in [6.07, 6.45) is 3.78. The normalized spacial score (nSPS) is 18.2. The molecule has 3 N–H and O–H groups in total. The van der Waals surface area contributed by atoms with E-state index in [4.69, 9.17) is 5.11 Å². The molecule has 1 atom stereocenters. The largest absolute Gasteiger partial charge is 0.392 e. The fourth-order valence-electron chi connectivity index (χ4n) is 2.66. The average Bonchev–Trinajstić information content (AvgIpc) is 2.74. The molecular weight excluding hydrogens is 307 g/mol. The van der Waals surface area contributed by atoms with Crippen molar-refractivity contribution in [2.45, 2.75) is 38.8 Å². The number of benzene rings is 1. The summed E-state index contributed by atoms with van der Waals surface area (Å²) in [5.74, 6) is 0.0288. The van der Waals surface area contributed by atoms with Gasteiger partial charge in [-0.25, -0.2) is 4.39 Å². The van der Waals surface area contributed by atoms with E-state index in [1.807, 2.05) is 0 Å². The second-order valence-electron chi connectivity index (χ2n) is 5.61. The Morgan fingerprint density at radius 2 is 2.18 bits per heavy atom. The van der Waals surface area contributed by atoms with Crippen molar-refractivity contribution in [3.05, 3.63) is 35.1 Å². The second-order valence-corrected chi connectivity index (χ2v) is 5.61. The molecule has 6 heteroatoms. The summed E-state index contributed by atoms with van der Waals surface area (Å²) in [5, 5.41) is 15.1. The van der Waals surface area contributed by atoms with Gasteiger partial charge in [0, 0.05) is 18.5 Å². The Bertz CT molecular complexity index is 477. The third kappa shape index (κ3) is 5.91. The Morgan fingerprint density at radius 1 is 1.36 bits per heavy atom. The smallest absolute Gasteiger partial charge is 0.220 e. The van der Waals surface area contributed by atoms with Gasteiger partial charge in [0.2, 0.25) is 5.91 Å². The molecular formula is C16H24ClFN2O2. The molecule has 1 amide bonds. The molecule has 0 spiro atoms. The first-order valence-corrected chi connectivity index (χ1v) is 7.54. The van der Waals surface area contributed by atoms with Gasteiger partial charge < -0.3 is 15.7 Å². The number of hydrogen-bond acceptors (Lipinski definition) is 3. The Hall–Kier alpha value is -1.17. The van der Waals surface area contributed by atoms with Crippen molar-refractivity contribution < 1.29 is 14.3 Å². The van der Waals surface area contributed by atoms with E-state index in [-0.39, 0.29) is 30.5 Å². The summed E-state index contributed by atoms with van der Waals surface area (Å²) in [5.41, 5.74) is 0.983. The third-order valence-corrected chi connectivity index (χ3v) is 3.95. The van der Waals surface area contributed by atoms with Gasteiger partial charge in [-0.05, 0) is 49.9 Å². The molecule has 0 bridgehead atoms. The van der Waals surface area contributed by atoms with Crippen LogP contribution in [0.5, 0.6) is 0 Å². The van der Waals surface area contributed by atoms with Crippen molar-refractivity contribution >= 4 is 18.3 Å². The zero-order valence-electron chi connectivity index (χ0n) is 12.6. The van der Waals surface area contributed by atoms with Gasteiger partial charge in [0.05, 0.1) is 6.61 Å². The lowest BCUT2D eigenvalue weighted by molar-refractivity contribution is -0.122. The first-order valence-electron chi connectivity index (χ1n) is 7.54. The van der Waals surface area contributed by atoms with Gasteiger partial charge >= 0.3 is 0 Å². The predicted molar refractivity (Wildman–Crippen MR) is 86.2 cm³/mol. The van der Waals surface area contributed by atoms with Crippen molar-refractivity contribution in [2.24, 2.45) is 5.92 Å². The zero-order chi connectivity index (χ0) is 15.1. The van der Waals surface area contributed by atoms with Crippen LogP contribution in [0.15, 0.2) is 18.2 Å². The molecule has 4 nitrogen and oxygen atoms in total. The number of aliphatic hydroxyl groups is 1.